The van der Waals surface area contributed by atoms with Gasteiger partial charge in [-0.15, -0.1) is 0 Å². The Morgan fingerprint density at radius 3 is 0.833 bits per heavy atom. The summed E-state index contributed by atoms with van der Waals surface area (Å²) in [6.07, 6.45) is 6.82. The highest BCUT2D eigenvalue weighted by Gasteiger charge is 2.82. The predicted molar refractivity (Wildman–Crippen MR) is 67.3 cm³/mol. The third-order valence-electron chi connectivity index (χ3n) is 10.6. The van der Waals surface area contributed by atoms with Gasteiger partial charge in [0, 0.05) is 0 Å². The fourth-order valence-corrected chi connectivity index (χ4v) is 10.5. The Morgan fingerprint density at radius 2 is 0.500 bits per heavy atom. The smallest absolute Gasteiger partial charge is 0.0315 e. The van der Waals surface area contributed by atoms with Gasteiger partial charge in [-0.3, -0.25) is 0 Å². The predicted octanol–water partition coefficient (Wildman–Crippen LogP) is 3.28. The maximum atomic E-state index is 1.71. The molecular weight excluding hydrogens is 216 g/mol. The highest BCUT2D eigenvalue weighted by molar-refractivity contribution is 5.30. The molecule has 0 heteroatoms. The second kappa shape index (κ2) is 2.06. The molecule has 8 saturated carbocycles. The highest BCUT2D eigenvalue weighted by Crippen LogP contribution is 2.87. The van der Waals surface area contributed by atoms with E-state index in [2.05, 4.69) is 0 Å². The van der Waals surface area contributed by atoms with Gasteiger partial charge in [0.15, 0.2) is 0 Å². The summed E-state index contributed by atoms with van der Waals surface area (Å²) in [5.41, 5.74) is 0. The van der Waals surface area contributed by atoms with Crippen molar-refractivity contribution in [1.29, 1.82) is 0 Å². The van der Waals surface area contributed by atoms with Gasteiger partial charge >= 0.3 is 0 Å². The van der Waals surface area contributed by atoms with E-state index in [-0.39, 0.29) is 0 Å². The van der Waals surface area contributed by atoms with Gasteiger partial charge < -0.3 is 0 Å². The Balaban J connectivity index is 1.39. The van der Waals surface area contributed by atoms with E-state index >= 15 is 0 Å². The summed E-state index contributed by atoms with van der Waals surface area (Å²) in [7, 11) is 0. The third kappa shape index (κ3) is 0.510. The molecule has 8 fully saturated rings. The van der Waals surface area contributed by atoms with Gasteiger partial charge in [0.05, 0.1) is 0 Å². The van der Waals surface area contributed by atoms with E-state index < -0.39 is 0 Å². The largest absolute Gasteiger partial charge is 0.0465 e. The molecule has 0 N–H and O–H groups in total. The lowest BCUT2D eigenvalue weighted by Gasteiger charge is -2.76. The van der Waals surface area contributed by atoms with Gasteiger partial charge in [0.2, 0.25) is 0 Å². The van der Waals surface area contributed by atoms with Crippen LogP contribution in [0.4, 0.5) is 0 Å². The minimum Gasteiger partial charge on any atom is -0.0465 e. The molecule has 14 atom stereocenters. The molecule has 0 aromatic carbocycles. The average molecular weight is 238 g/mol. The van der Waals surface area contributed by atoms with Crippen molar-refractivity contribution in [3.63, 3.8) is 0 Å². The first-order valence-corrected chi connectivity index (χ1v) is 8.93. The van der Waals surface area contributed by atoms with Gasteiger partial charge in [-0.25, -0.2) is 0 Å². The van der Waals surface area contributed by atoms with Crippen LogP contribution in [0.3, 0.4) is 0 Å². The molecule has 8 rings (SSSR count). The van der Waals surface area contributed by atoms with Crippen molar-refractivity contribution in [2.45, 2.75) is 25.7 Å². The number of fused-ring (bicyclic) bond motifs is 4. The molecule has 8 aliphatic rings. The maximum absolute atomic E-state index is 1.71. The number of hydrogen-bond donors (Lipinski definition) is 0. The van der Waals surface area contributed by atoms with E-state index in [0.29, 0.717) is 0 Å². The van der Waals surface area contributed by atoms with E-state index in [9.17, 15) is 0 Å². The average Bonchev–Trinajstić information content (AvgIpc) is 2.68. The standard InChI is InChI=1S/C18H22/c1-5-6-2-8-10-4-12-11-3-9-7(1)13(5)15(9)17(11)18(12)16(10)14(6)8/h5-18H,1-4H2. The summed E-state index contributed by atoms with van der Waals surface area (Å²) in [6, 6.07) is 0. The quantitative estimate of drug-likeness (QED) is 0.607. The van der Waals surface area contributed by atoms with E-state index in [4.69, 9.17) is 0 Å². The third-order valence-corrected chi connectivity index (χ3v) is 10.6. The zero-order valence-electron chi connectivity index (χ0n) is 10.9. The van der Waals surface area contributed by atoms with E-state index in [1.165, 1.54) is 82.9 Å². The second-order valence-electron chi connectivity index (χ2n) is 9.72. The zero-order valence-corrected chi connectivity index (χ0v) is 10.9. The number of rotatable bonds is 0. The summed E-state index contributed by atoms with van der Waals surface area (Å²) in [6.45, 7) is 0. The molecule has 0 amide bonds. The summed E-state index contributed by atoms with van der Waals surface area (Å²) in [5.74, 6) is 17.8. The Kier molecular flexibility index (Phi) is 0.951. The second-order valence-corrected chi connectivity index (χ2v) is 9.72. The normalized spacial score (nSPS) is 89.3. The molecule has 0 aromatic rings. The highest BCUT2D eigenvalue weighted by atomic mass is 14.9. The van der Waals surface area contributed by atoms with Crippen LogP contribution in [0.2, 0.25) is 0 Å². The molecule has 0 heterocycles. The van der Waals surface area contributed by atoms with E-state index in [1.807, 2.05) is 0 Å². The molecule has 0 nitrogen and oxygen atoms in total. The Bertz CT molecular complexity index is 462. The summed E-state index contributed by atoms with van der Waals surface area (Å²) in [5, 5.41) is 0. The molecule has 0 aliphatic heterocycles. The van der Waals surface area contributed by atoms with Gasteiger partial charge in [0.1, 0.15) is 0 Å². The zero-order chi connectivity index (χ0) is 10.9. The van der Waals surface area contributed by atoms with Crippen LogP contribution in [-0.4, -0.2) is 0 Å². The summed E-state index contributed by atoms with van der Waals surface area (Å²) < 4.78 is 0. The van der Waals surface area contributed by atoms with Crippen LogP contribution < -0.4 is 0 Å². The minimum absolute atomic E-state index is 1.26. The Morgan fingerprint density at radius 1 is 0.278 bits per heavy atom. The SMILES string of the molecule is C1C2C3CC4C5CC6C7CC8C1C2C8C7C6C5C34. The summed E-state index contributed by atoms with van der Waals surface area (Å²) >= 11 is 0. The van der Waals surface area contributed by atoms with Crippen molar-refractivity contribution >= 4 is 0 Å². The lowest BCUT2D eigenvalue weighted by molar-refractivity contribution is -0.281. The fraction of sp³-hybridized carbons (Fsp3) is 1.00. The molecule has 0 spiro atoms. The van der Waals surface area contributed by atoms with Gasteiger partial charge in [-0.05, 0) is 109 Å². The van der Waals surface area contributed by atoms with Crippen molar-refractivity contribution in [2.24, 2.45) is 82.9 Å². The molecule has 0 aromatic heterocycles. The molecule has 14 unspecified atom stereocenters. The van der Waals surface area contributed by atoms with Crippen LogP contribution in [0.25, 0.3) is 0 Å². The Labute approximate surface area is 109 Å². The van der Waals surface area contributed by atoms with E-state index in [1.54, 1.807) is 25.7 Å². The molecular formula is C18H22. The van der Waals surface area contributed by atoms with Gasteiger partial charge in [-0.1, -0.05) is 0 Å². The monoisotopic (exact) mass is 238 g/mol. The van der Waals surface area contributed by atoms with Crippen LogP contribution in [0.5, 0.6) is 0 Å². The van der Waals surface area contributed by atoms with Crippen LogP contribution in [0, 0.1) is 82.9 Å². The van der Waals surface area contributed by atoms with Gasteiger partial charge in [-0.2, -0.15) is 0 Å². The fourth-order valence-electron chi connectivity index (χ4n) is 10.5. The van der Waals surface area contributed by atoms with Crippen LogP contribution in [0.1, 0.15) is 25.7 Å². The lowest BCUT2D eigenvalue weighted by Crippen LogP contribution is -2.71. The van der Waals surface area contributed by atoms with Crippen molar-refractivity contribution in [1.82, 2.24) is 0 Å². The van der Waals surface area contributed by atoms with Crippen molar-refractivity contribution in [3.05, 3.63) is 0 Å². The van der Waals surface area contributed by atoms with Crippen molar-refractivity contribution in [2.75, 3.05) is 0 Å². The van der Waals surface area contributed by atoms with E-state index in [0.717, 1.165) is 0 Å². The molecule has 0 bridgehead atoms. The summed E-state index contributed by atoms with van der Waals surface area (Å²) in [4.78, 5) is 0. The number of hydrogen-bond acceptors (Lipinski definition) is 0. The first-order chi connectivity index (χ1) is 8.93. The van der Waals surface area contributed by atoms with Crippen LogP contribution in [-0.2, 0) is 0 Å². The molecule has 0 radical (unpaired) electrons. The molecule has 8 aliphatic carbocycles. The molecule has 0 saturated heterocycles. The molecule has 94 valence electrons. The Hall–Kier alpha value is 0. The minimum atomic E-state index is 1.26. The first-order valence-electron chi connectivity index (χ1n) is 8.93. The first kappa shape index (κ1) is 8.32. The molecule has 18 heavy (non-hydrogen) atoms. The van der Waals surface area contributed by atoms with Gasteiger partial charge in [0.25, 0.3) is 0 Å². The maximum Gasteiger partial charge on any atom is -0.0315 e. The van der Waals surface area contributed by atoms with Crippen molar-refractivity contribution in [3.8, 4) is 0 Å². The van der Waals surface area contributed by atoms with Crippen LogP contribution >= 0.6 is 0 Å². The van der Waals surface area contributed by atoms with Crippen LogP contribution in [0.15, 0.2) is 0 Å². The van der Waals surface area contributed by atoms with Crippen molar-refractivity contribution < 1.29 is 0 Å². The lowest BCUT2D eigenvalue weighted by atomic mass is 9.29. The topological polar surface area (TPSA) is 0 Å².